The molecule has 15 heavy (non-hydrogen) atoms. The number of aliphatic hydroxyl groups is 1. The minimum Gasteiger partial charge on any atom is -0.375 e. The fraction of sp³-hybridized carbons (Fsp3) is 0.833. The third-order valence-corrected chi connectivity index (χ3v) is 3.09. The third kappa shape index (κ3) is 6.18. The van der Waals surface area contributed by atoms with Gasteiger partial charge in [-0.3, -0.25) is 5.32 Å². The summed E-state index contributed by atoms with van der Waals surface area (Å²) in [4.78, 5) is 0. The van der Waals surface area contributed by atoms with Crippen molar-refractivity contribution in [1.29, 1.82) is 0 Å². The molecule has 3 atom stereocenters. The summed E-state index contributed by atoms with van der Waals surface area (Å²) in [5.74, 6) is 0.438. The van der Waals surface area contributed by atoms with Crippen molar-refractivity contribution in [2.24, 2.45) is 5.92 Å². The van der Waals surface area contributed by atoms with Crippen LogP contribution in [0, 0.1) is 5.92 Å². The lowest BCUT2D eigenvalue weighted by Gasteiger charge is -2.19. The van der Waals surface area contributed by atoms with Crippen molar-refractivity contribution in [3.8, 4) is 0 Å². The maximum absolute atomic E-state index is 9.75. The Bertz CT molecular complexity index is 204. The van der Waals surface area contributed by atoms with Crippen LogP contribution >= 0.6 is 11.6 Å². The van der Waals surface area contributed by atoms with Gasteiger partial charge >= 0.3 is 0 Å². The molecule has 0 aliphatic rings. The van der Waals surface area contributed by atoms with Crippen LogP contribution in [0.2, 0.25) is 0 Å². The molecule has 0 amide bonds. The van der Waals surface area contributed by atoms with Crippen molar-refractivity contribution in [2.45, 2.75) is 58.7 Å². The molecule has 0 rings (SSSR count). The number of hydrogen-bond acceptors (Lipinski definition) is 2. The lowest BCUT2D eigenvalue weighted by atomic mass is 10.0. The van der Waals surface area contributed by atoms with Gasteiger partial charge in [-0.15, -0.1) is 11.6 Å². The van der Waals surface area contributed by atoms with Crippen LogP contribution in [-0.4, -0.2) is 22.8 Å². The van der Waals surface area contributed by atoms with E-state index < -0.39 is 6.23 Å². The van der Waals surface area contributed by atoms with Crippen LogP contribution < -0.4 is 5.32 Å². The number of halogens is 1. The van der Waals surface area contributed by atoms with Crippen LogP contribution in [0.25, 0.3) is 0 Å². The number of rotatable bonds is 6. The third-order valence-electron chi connectivity index (χ3n) is 2.53. The zero-order chi connectivity index (χ0) is 12.0. The topological polar surface area (TPSA) is 32.3 Å². The van der Waals surface area contributed by atoms with Crippen LogP contribution in [0.15, 0.2) is 11.6 Å². The first kappa shape index (κ1) is 14.9. The Kier molecular flexibility index (Phi) is 7.24. The van der Waals surface area contributed by atoms with E-state index in [-0.39, 0.29) is 11.4 Å². The normalized spacial score (nSPS) is 19.1. The molecule has 0 aromatic carbocycles. The number of aliphatic hydroxyl groups excluding tert-OH is 1. The number of alkyl halides is 1. The predicted octanol–water partition coefficient (Wildman–Crippen LogP) is 2.90. The first-order valence-electron chi connectivity index (χ1n) is 5.65. The van der Waals surface area contributed by atoms with Gasteiger partial charge in [0.1, 0.15) is 6.23 Å². The highest BCUT2D eigenvalue weighted by molar-refractivity contribution is 6.22. The molecule has 0 unspecified atom stereocenters. The van der Waals surface area contributed by atoms with E-state index in [4.69, 9.17) is 11.6 Å². The fourth-order valence-electron chi connectivity index (χ4n) is 1.18. The highest BCUT2D eigenvalue weighted by atomic mass is 35.5. The summed E-state index contributed by atoms with van der Waals surface area (Å²) in [5, 5.41) is 12.8. The molecule has 0 saturated heterocycles. The average Bonchev–Trinajstić information content (AvgIpc) is 2.15. The summed E-state index contributed by atoms with van der Waals surface area (Å²) in [7, 11) is 0. The van der Waals surface area contributed by atoms with Crippen LogP contribution in [0.5, 0.6) is 0 Å². The molecule has 0 aliphatic heterocycles. The van der Waals surface area contributed by atoms with E-state index in [1.807, 2.05) is 26.8 Å². The molecular formula is C12H24ClNO. The molecule has 2 N–H and O–H groups in total. The van der Waals surface area contributed by atoms with E-state index in [0.29, 0.717) is 5.92 Å². The molecule has 0 spiro atoms. The Labute approximate surface area is 98.7 Å². The molecule has 0 aromatic heterocycles. The quantitative estimate of drug-likeness (QED) is 0.420. The second-order valence-corrected chi connectivity index (χ2v) is 4.97. The van der Waals surface area contributed by atoms with Gasteiger partial charge in [0, 0.05) is 6.04 Å². The summed E-state index contributed by atoms with van der Waals surface area (Å²) >= 11 is 6.19. The van der Waals surface area contributed by atoms with E-state index in [2.05, 4.69) is 19.2 Å². The maximum atomic E-state index is 9.75. The lowest BCUT2D eigenvalue weighted by Crippen LogP contribution is -2.35. The molecule has 0 radical (unpaired) electrons. The van der Waals surface area contributed by atoms with Crippen molar-refractivity contribution in [3.05, 3.63) is 11.6 Å². The second kappa shape index (κ2) is 7.26. The molecule has 90 valence electrons. The van der Waals surface area contributed by atoms with Gasteiger partial charge in [0.15, 0.2) is 0 Å². The Morgan fingerprint density at radius 3 is 2.33 bits per heavy atom. The summed E-state index contributed by atoms with van der Waals surface area (Å²) in [6.07, 6.45) is 2.40. The van der Waals surface area contributed by atoms with E-state index in [9.17, 15) is 5.11 Å². The van der Waals surface area contributed by atoms with Gasteiger partial charge in [0.05, 0.1) is 5.38 Å². The maximum Gasteiger partial charge on any atom is 0.127 e. The van der Waals surface area contributed by atoms with Gasteiger partial charge in [0.2, 0.25) is 0 Å². The summed E-state index contributed by atoms with van der Waals surface area (Å²) in [6, 6.07) is 0.265. The molecule has 3 heteroatoms. The zero-order valence-corrected chi connectivity index (χ0v) is 11.2. The van der Waals surface area contributed by atoms with Crippen molar-refractivity contribution in [2.75, 3.05) is 0 Å². The SMILES string of the molecule is CC[C@H](C)[C@H](Cl)/C=C(\C)[C@@H](O)NC(C)C. The first-order chi connectivity index (χ1) is 6.88. The summed E-state index contributed by atoms with van der Waals surface area (Å²) in [6.45, 7) is 10.1. The highest BCUT2D eigenvalue weighted by Crippen LogP contribution is 2.17. The van der Waals surface area contributed by atoms with Crippen LogP contribution in [0.3, 0.4) is 0 Å². The Morgan fingerprint density at radius 1 is 1.40 bits per heavy atom. The van der Waals surface area contributed by atoms with Crippen LogP contribution in [-0.2, 0) is 0 Å². The zero-order valence-electron chi connectivity index (χ0n) is 10.4. The number of nitrogens with one attached hydrogen (secondary N) is 1. The van der Waals surface area contributed by atoms with Gasteiger partial charge in [0.25, 0.3) is 0 Å². The van der Waals surface area contributed by atoms with Crippen molar-refractivity contribution < 1.29 is 5.11 Å². The molecular weight excluding hydrogens is 210 g/mol. The van der Waals surface area contributed by atoms with Gasteiger partial charge in [-0.05, 0) is 32.3 Å². The van der Waals surface area contributed by atoms with Gasteiger partial charge in [-0.25, -0.2) is 0 Å². The largest absolute Gasteiger partial charge is 0.375 e. The molecule has 0 saturated carbocycles. The van der Waals surface area contributed by atoms with Gasteiger partial charge in [-0.2, -0.15) is 0 Å². The predicted molar refractivity (Wildman–Crippen MR) is 67.1 cm³/mol. The minimum atomic E-state index is -0.588. The Hall–Kier alpha value is -0.0500. The molecule has 0 heterocycles. The standard InChI is InChI=1S/C12H24ClNO/c1-6-9(4)11(13)7-10(5)12(15)14-8(2)3/h7-9,11-12,14-15H,6H2,1-5H3/b10-7+/t9-,11+,12+/m0/s1. The van der Waals surface area contributed by atoms with E-state index in [1.54, 1.807) is 0 Å². The Morgan fingerprint density at radius 2 is 1.93 bits per heavy atom. The van der Waals surface area contributed by atoms with Gasteiger partial charge < -0.3 is 5.11 Å². The lowest BCUT2D eigenvalue weighted by molar-refractivity contribution is 0.161. The molecule has 0 fully saturated rings. The molecule has 2 nitrogen and oxygen atoms in total. The molecule has 0 bridgehead atoms. The van der Waals surface area contributed by atoms with E-state index in [1.165, 1.54) is 0 Å². The smallest absolute Gasteiger partial charge is 0.127 e. The van der Waals surface area contributed by atoms with E-state index >= 15 is 0 Å². The molecule has 0 aromatic rings. The number of allylic oxidation sites excluding steroid dienone is 1. The fourth-order valence-corrected chi connectivity index (χ4v) is 1.56. The first-order valence-corrected chi connectivity index (χ1v) is 6.08. The van der Waals surface area contributed by atoms with Crippen LogP contribution in [0.4, 0.5) is 0 Å². The average molecular weight is 234 g/mol. The Balaban J connectivity index is 4.28. The van der Waals surface area contributed by atoms with Crippen molar-refractivity contribution >= 4 is 11.6 Å². The van der Waals surface area contributed by atoms with Crippen LogP contribution in [0.1, 0.15) is 41.0 Å². The summed E-state index contributed by atoms with van der Waals surface area (Å²) in [5.41, 5.74) is 0.893. The molecule has 0 aliphatic carbocycles. The van der Waals surface area contributed by atoms with Gasteiger partial charge in [-0.1, -0.05) is 26.3 Å². The minimum absolute atomic E-state index is 0.00128. The summed E-state index contributed by atoms with van der Waals surface area (Å²) < 4.78 is 0. The van der Waals surface area contributed by atoms with E-state index in [0.717, 1.165) is 12.0 Å². The monoisotopic (exact) mass is 233 g/mol. The van der Waals surface area contributed by atoms with Crippen molar-refractivity contribution in [1.82, 2.24) is 5.32 Å². The highest BCUT2D eigenvalue weighted by Gasteiger charge is 2.13. The van der Waals surface area contributed by atoms with Crippen molar-refractivity contribution in [3.63, 3.8) is 0 Å². The number of hydrogen-bond donors (Lipinski definition) is 2. The second-order valence-electron chi connectivity index (χ2n) is 4.46.